The van der Waals surface area contributed by atoms with Crippen molar-refractivity contribution in [3.63, 3.8) is 0 Å². The lowest BCUT2D eigenvalue weighted by Gasteiger charge is -2.18. The largest absolute Gasteiger partial charge is 0.465 e. The molecule has 0 atom stereocenters. The minimum absolute atomic E-state index is 0.0306. The number of hydrogen-bond donors (Lipinski definition) is 2. The van der Waals surface area contributed by atoms with E-state index in [1.807, 2.05) is 0 Å². The zero-order valence-electron chi connectivity index (χ0n) is 13.0. The van der Waals surface area contributed by atoms with Crippen molar-refractivity contribution in [3.05, 3.63) is 17.7 Å². The number of carbonyl (C=O) groups excluding carboxylic acids is 2. The summed E-state index contributed by atoms with van der Waals surface area (Å²) < 4.78 is 39.2. The highest BCUT2D eigenvalue weighted by molar-refractivity contribution is 6.29. The molecule has 10 heteroatoms. The summed E-state index contributed by atoms with van der Waals surface area (Å²) in [6.45, 7) is -2.56. The molecule has 0 radical (unpaired) electrons. The van der Waals surface area contributed by atoms with Gasteiger partial charge in [-0.05, 0) is 12.1 Å². The van der Waals surface area contributed by atoms with Crippen molar-refractivity contribution in [1.29, 1.82) is 0 Å². The van der Waals surface area contributed by atoms with E-state index in [4.69, 9.17) is 16.3 Å². The minimum atomic E-state index is -3.16. The highest BCUT2D eigenvalue weighted by Crippen LogP contribution is 2.36. The van der Waals surface area contributed by atoms with Gasteiger partial charge in [-0.3, -0.25) is 4.79 Å². The van der Waals surface area contributed by atoms with Gasteiger partial charge in [0.15, 0.2) is 5.75 Å². The average molecular weight is 367 g/mol. The van der Waals surface area contributed by atoms with Crippen molar-refractivity contribution in [2.24, 2.45) is 0 Å². The third-order valence-corrected chi connectivity index (χ3v) is 2.99. The molecule has 0 aromatic heterocycles. The zero-order valence-corrected chi connectivity index (χ0v) is 13.8. The Bertz CT molecular complexity index is 587. The van der Waals surface area contributed by atoms with Crippen LogP contribution in [0.5, 0.6) is 5.75 Å². The maximum Gasteiger partial charge on any atom is 0.387 e. The van der Waals surface area contributed by atoms with Gasteiger partial charge in [0.25, 0.3) is 0 Å². The van der Waals surface area contributed by atoms with Crippen LogP contribution in [0, 0.1) is 0 Å². The van der Waals surface area contributed by atoms with Crippen molar-refractivity contribution < 1.29 is 32.6 Å². The van der Waals surface area contributed by atoms with Crippen molar-refractivity contribution in [2.75, 3.05) is 43.9 Å². The van der Waals surface area contributed by atoms with Crippen molar-refractivity contribution in [1.82, 2.24) is 0 Å². The smallest absolute Gasteiger partial charge is 0.387 e. The monoisotopic (exact) mass is 366 g/mol. The highest BCUT2D eigenvalue weighted by Gasteiger charge is 2.20. The summed E-state index contributed by atoms with van der Waals surface area (Å²) in [5, 5.41) is 5.22. The molecule has 0 saturated carbocycles. The first kappa shape index (κ1) is 19.9. The molecule has 24 heavy (non-hydrogen) atoms. The zero-order chi connectivity index (χ0) is 18.1. The van der Waals surface area contributed by atoms with E-state index in [9.17, 15) is 18.4 Å². The lowest BCUT2D eigenvalue weighted by molar-refractivity contribution is -0.114. The number of ether oxygens (including phenoxy) is 3. The molecule has 0 aliphatic rings. The van der Waals surface area contributed by atoms with Crippen LogP contribution < -0.4 is 15.4 Å². The predicted octanol–water partition coefficient (Wildman–Crippen LogP) is 2.31. The van der Waals surface area contributed by atoms with E-state index in [1.165, 1.54) is 13.2 Å². The molecule has 1 aromatic carbocycles. The first-order valence-corrected chi connectivity index (χ1v) is 7.26. The van der Waals surface area contributed by atoms with Crippen LogP contribution >= 0.6 is 11.6 Å². The SMILES string of the molecule is COCCNc1cc(C(=O)OC)cc(OC(F)F)c1NC(=O)CCl. The summed E-state index contributed by atoms with van der Waals surface area (Å²) >= 11 is 5.43. The van der Waals surface area contributed by atoms with E-state index in [1.54, 1.807) is 0 Å². The molecular weight excluding hydrogens is 350 g/mol. The summed E-state index contributed by atoms with van der Waals surface area (Å²) in [4.78, 5) is 23.2. The number of methoxy groups -OCH3 is 2. The first-order valence-electron chi connectivity index (χ1n) is 6.72. The van der Waals surface area contributed by atoms with Gasteiger partial charge in [0, 0.05) is 13.7 Å². The summed E-state index contributed by atoms with van der Waals surface area (Å²) in [7, 11) is 2.63. The van der Waals surface area contributed by atoms with Crippen molar-refractivity contribution in [3.8, 4) is 5.75 Å². The molecule has 1 rings (SSSR count). The molecule has 0 spiro atoms. The predicted molar refractivity (Wildman–Crippen MR) is 84.1 cm³/mol. The number of rotatable bonds is 9. The van der Waals surface area contributed by atoms with E-state index in [0.717, 1.165) is 13.2 Å². The Kier molecular flexibility index (Phi) is 8.20. The Balaban J connectivity index is 3.33. The van der Waals surface area contributed by atoms with Crippen LogP contribution in [0.25, 0.3) is 0 Å². The van der Waals surface area contributed by atoms with Gasteiger partial charge in [0.05, 0.1) is 25.0 Å². The second kappa shape index (κ2) is 9.89. The van der Waals surface area contributed by atoms with Gasteiger partial charge in [0.2, 0.25) is 5.91 Å². The number of halogens is 3. The van der Waals surface area contributed by atoms with Crippen LogP contribution in [0.15, 0.2) is 12.1 Å². The molecule has 1 aromatic rings. The van der Waals surface area contributed by atoms with Gasteiger partial charge >= 0.3 is 12.6 Å². The maximum atomic E-state index is 12.7. The standard InChI is InChI=1S/C14H17ClF2N2O5/c1-22-4-3-18-9-5-8(13(21)23-2)6-10(24-14(16)17)12(9)19-11(20)7-15/h5-6,14,18H,3-4,7H2,1-2H3,(H,19,20). The second-order valence-corrected chi connectivity index (χ2v) is 4.64. The van der Waals surface area contributed by atoms with Crippen LogP contribution in [-0.2, 0) is 14.3 Å². The average Bonchev–Trinajstić information content (AvgIpc) is 2.55. The van der Waals surface area contributed by atoms with Gasteiger partial charge in [-0.1, -0.05) is 0 Å². The second-order valence-electron chi connectivity index (χ2n) is 4.37. The number of hydrogen-bond acceptors (Lipinski definition) is 6. The lowest BCUT2D eigenvalue weighted by atomic mass is 10.1. The summed E-state index contributed by atoms with van der Waals surface area (Å²) in [6.07, 6.45) is 0. The molecular formula is C14H17ClF2N2O5. The van der Waals surface area contributed by atoms with Gasteiger partial charge < -0.3 is 24.8 Å². The fraction of sp³-hybridized carbons (Fsp3) is 0.429. The topological polar surface area (TPSA) is 85.9 Å². The Morgan fingerprint density at radius 1 is 1.29 bits per heavy atom. The number of esters is 1. The van der Waals surface area contributed by atoms with Crippen LogP contribution in [0.1, 0.15) is 10.4 Å². The molecule has 0 bridgehead atoms. The summed E-state index contributed by atoms with van der Waals surface area (Å²) in [5.41, 5.74) is 0.0886. The minimum Gasteiger partial charge on any atom is -0.465 e. The maximum absolute atomic E-state index is 12.7. The van der Waals surface area contributed by atoms with E-state index in [2.05, 4.69) is 20.1 Å². The van der Waals surface area contributed by atoms with E-state index >= 15 is 0 Å². The van der Waals surface area contributed by atoms with Gasteiger partial charge in [-0.2, -0.15) is 8.78 Å². The Labute approximate surface area is 142 Å². The molecule has 0 heterocycles. The number of nitrogens with one attached hydrogen (secondary N) is 2. The molecule has 7 nitrogen and oxygen atoms in total. The van der Waals surface area contributed by atoms with Gasteiger partial charge in [0.1, 0.15) is 11.6 Å². The lowest BCUT2D eigenvalue weighted by Crippen LogP contribution is -2.18. The van der Waals surface area contributed by atoms with Crippen LogP contribution in [0.3, 0.4) is 0 Å². The molecule has 1 amide bonds. The number of amides is 1. The molecule has 0 unspecified atom stereocenters. The van der Waals surface area contributed by atoms with Gasteiger partial charge in [-0.25, -0.2) is 4.79 Å². The van der Waals surface area contributed by atoms with Crippen molar-refractivity contribution >= 4 is 34.9 Å². The fourth-order valence-corrected chi connectivity index (χ4v) is 1.84. The highest BCUT2D eigenvalue weighted by atomic mass is 35.5. The van der Waals surface area contributed by atoms with E-state index in [-0.39, 0.29) is 22.8 Å². The number of benzene rings is 1. The molecule has 0 saturated heterocycles. The summed E-state index contributed by atoms with van der Waals surface area (Å²) in [6, 6.07) is 2.38. The fourth-order valence-electron chi connectivity index (χ4n) is 1.77. The Morgan fingerprint density at radius 2 is 2.00 bits per heavy atom. The van der Waals surface area contributed by atoms with Crippen LogP contribution in [0.4, 0.5) is 20.2 Å². The third kappa shape index (κ3) is 5.82. The quantitative estimate of drug-likeness (QED) is 0.396. The molecule has 2 N–H and O–H groups in total. The molecule has 0 aliphatic carbocycles. The third-order valence-electron chi connectivity index (χ3n) is 2.75. The molecule has 134 valence electrons. The first-order chi connectivity index (χ1) is 11.4. The van der Waals surface area contributed by atoms with Crippen LogP contribution in [0.2, 0.25) is 0 Å². The normalized spacial score (nSPS) is 10.4. The Morgan fingerprint density at radius 3 is 2.54 bits per heavy atom. The number of carbonyl (C=O) groups is 2. The molecule has 0 aliphatic heterocycles. The van der Waals surface area contributed by atoms with Crippen LogP contribution in [-0.4, -0.2) is 51.7 Å². The number of anilines is 2. The van der Waals surface area contributed by atoms with Crippen molar-refractivity contribution in [2.45, 2.75) is 6.61 Å². The summed E-state index contributed by atoms with van der Waals surface area (Å²) in [5.74, 6) is -2.16. The van der Waals surface area contributed by atoms with Gasteiger partial charge in [-0.15, -0.1) is 11.6 Å². The van der Waals surface area contributed by atoms with E-state index < -0.39 is 24.2 Å². The Hall–Kier alpha value is -2.13. The number of alkyl halides is 3. The molecule has 0 fully saturated rings. The van der Waals surface area contributed by atoms with E-state index in [0.29, 0.717) is 13.2 Å².